The summed E-state index contributed by atoms with van der Waals surface area (Å²) in [6.45, 7) is 3.68. The molecule has 35 heavy (non-hydrogen) atoms. The maximum absolute atomic E-state index is 13.2. The van der Waals surface area contributed by atoms with Crippen LogP contribution in [0.1, 0.15) is 16.7 Å². The molecule has 0 aliphatic carbocycles. The molecular formula is C28H26FNO5. The minimum Gasteiger partial charge on any atom is -0.493 e. The standard InChI is InChI=1S/C28H26FNO5/c1-17-21-9-11-23-22(15-30(16-34-23)13-12-18-4-7-20(29)8-5-18)27(21)35-28(31)26(17)19-6-10-24(32-2)25(14-19)33-3/h4-11,14H,12-13,15-16H2,1-3H3. The van der Waals surface area contributed by atoms with Crippen molar-refractivity contribution in [3.63, 3.8) is 0 Å². The molecule has 1 aliphatic rings. The third-order valence-corrected chi connectivity index (χ3v) is 6.48. The molecule has 1 aliphatic heterocycles. The summed E-state index contributed by atoms with van der Waals surface area (Å²) in [5, 5.41) is 0.858. The number of hydrogen-bond donors (Lipinski definition) is 0. The average Bonchev–Trinajstić information content (AvgIpc) is 2.88. The number of rotatable bonds is 6. The number of ether oxygens (including phenoxy) is 3. The highest BCUT2D eigenvalue weighted by molar-refractivity contribution is 5.90. The quantitative estimate of drug-likeness (QED) is 0.352. The van der Waals surface area contributed by atoms with Gasteiger partial charge in [-0.25, -0.2) is 9.18 Å². The van der Waals surface area contributed by atoms with Crippen molar-refractivity contribution in [3.05, 3.63) is 87.5 Å². The summed E-state index contributed by atoms with van der Waals surface area (Å²) in [5.41, 5.74) is 4.05. The fourth-order valence-electron chi connectivity index (χ4n) is 4.58. The molecule has 0 atom stereocenters. The Labute approximate surface area is 202 Å². The molecule has 180 valence electrons. The molecule has 3 aromatic carbocycles. The maximum Gasteiger partial charge on any atom is 0.344 e. The van der Waals surface area contributed by atoms with Crippen LogP contribution >= 0.6 is 0 Å². The molecule has 0 saturated carbocycles. The topological polar surface area (TPSA) is 61.1 Å². The molecule has 0 spiro atoms. The molecule has 5 rings (SSSR count). The summed E-state index contributed by atoms with van der Waals surface area (Å²) in [5.74, 6) is 1.61. The van der Waals surface area contributed by atoms with E-state index in [4.69, 9.17) is 18.6 Å². The first kappa shape index (κ1) is 22.9. The maximum atomic E-state index is 13.2. The van der Waals surface area contributed by atoms with Gasteiger partial charge in [-0.1, -0.05) is 18.2 Å². The number of benzene rings is 3. The highest BCUT2D eigenvalue weighted by atomic mass is 19.1. The van der Waals surface area contributed by atoms with E-state index in [1.807, 2.05) is 25.1 Å². The molecule has 0 N–H and O–H groups in total. The largest absolute Gasteiger partial charge is 0.493 e. The lowest BCUT2D eigenvalue weighted by Crippen LogP contribution is -2.33. The number of nitrogens with zero attached hydrogens (tertiary/aromatic N) is 1. The van der Waals surface area contributed by atoms with Gasteiger partial charge in [0.15, 0.2) is 11.5 Å². The van der Waals surface area contributed by atoms with E-state index in [2.05, 4.69) is 4.90 Å². The van der Waals surface area contributed by atoms with Crippen LogP contribution in [0.25, 0.3) is 22.1 Å². The first-order valence-corrected chi connectivity index (χ1v) is 11.4. The monoisotopic (exact) mass is 475 g/mol. The first-order valence-electron chi connectivity index (χ1n) is 11.4. The van der Waals surface area contributed by atoms with Crippen molar-refractivity contribution >= 4 is 11.0 Å². The second kappa shape index (κ2) is 9.43. The van der Waals surface area contributed by atoms with Crippen LogP contribution in [0.5, 0.6) is 17.2 Å². The Kier molecular flexibility index (Phi) is 6.17. The first-order chi connectivity index (χ1) is 17.0. The van der Waals surface area contributed by atoms with Crippen molar-refractivity contribution in [2.75, 3.05) is 27.5 Å². The van der Waals surface area contributed by atoms with Crippen molar-refractivity contribution in [1.82, 2.24) is 4.90 Å². The smallest absolute Gasteiger partial charge is 0.344 e. The number of methoxy groups -OCH3 is 2. The molecule has 0 saturated heterocycles. The van der Waals surface area contributed by atoms with E-state index < -0.39 is 5.63 Å². The van der Waals surface area contributed by atoms with Gasteiger partial charge in [-0.2, -0.15) is 0 Å². The normalized spacial score (nSPS) is 13.4. The van der Waals surface area contributed by atoms with Crippen molar-refractivity contribution in [2.24, 2.45) is 0 Å². The zero-order valence-corrected chi connectivity index (χ0v) is 19.9. The second-order valence-electron chi connectivity index (χ2n) is 8.58. The molecule has 7 heteroatoms. The van der Waals surface area contributed by atoms with Gasteiger partial charge in [0.05, 0.1) is 25.3 Å². The lowest BCUT2D eigenvalue weighted by molar-refractivity contribution is 0.0968. The molecule has 2 heterocycles. The summed E-state index contributed by atoms with van der Waals surface area (Å²) >= 11 is 0. The molecule has 0 radical (unpaired) electrons. The van der Waals surface area contributed by atoms with Crippen molar-refractivity contribution in [2.45, 2.75) is 19.9 Å². The third kappa shape index (κ3) is 4.35. The Hall–Kier alpha value is -3.84. The van der Waals surface area contributed by atoms with Crippen LogP contribution < -0.4 is 19.8 Å². The molecule has 4 aromatic rings. The fourth-order valence-corrected chi connectivity index (χ4v) is 4.58. The van der Waals surface area contributed by atoms with Gasteiger partial charge in [0.1, 0.15) is 23.9 Å². The van der Waals surface area contributed by atoms with Gasteiger partial charge in [0, 0.05) is 18.5 Å². The number of halogens is 1. The zero-order chi connectivity index (χ0) is 24.5. The molecular weight excluding hydrogens is 449 g/mol. The van der Waals surface area contributed by atoms with E-state index in [0.29, 0.717) is 41.5 Å². The van der Waals surface area contributed by atoms with E-state index in [1.54, 1.807) is 38.5 Å². The Morgan fingerprint density at radius 2 is 1.77 bits per heavy atom. The van der Waals surface area contributed by atoms with Gasteiger partial charge in [-0.05, 0) is 66.4 Å². The average molecular weight is 476 g/mol. The summed E-state index contributed by atoms with van der Waals surface area (Å²) in [7, 11) is 3.13. The van der Waals surface area contributed by atoms with Crippen LogP contribution in [0.2, 0.25) is 0 Å². The molecule has 1 aromatic heterocycles. The van der Waals surface area contributed by atoms with E-state index in [-0.39, 0.29) is 5.82 Å². The minimum atomic E-state index is -0.418. The Morgan fingerprint density at radius 1 is 1.00 bits per heavy atom. The minimum absolute atomic E-state index is 0.242. The summed E-state index contributed by atoms with van der Waals surface area (Å²) < 4.78 is 35.8. The number of aryl methyl sites for hydroxylation is 1. The van der Waals surface area contributed by atoms with Crippen molar-refractivity contribution < 1.29 is 23.0 Å². The van der Waals surface area contributed by atoms with Crippen LogP contribution in [-0.2, 0) is 13.0 Å². The molecule has 0 fully saturated rings. The number of hydrogen-bond acceptors (Lipinski definition) is 6. The third-order valence-electron chi connectivity index (χ3n) is 6.48. The number of fused-ring (bicyclic) bond motifs is 3. The van der Waals surface area contributed by atoms with E-state index in [1.165, 1.54) is 12.1 Å². The fraction of sp³-hybridized carbons (Fsp3) is 0.250. The highest BCUT2D eigenvalue weighted by Gasteiger charge is 2.24. The summed E-state index contributed by atoms with van der Waals surface area (Å²) in [6, 6.07) is 15.8. The second-order valence-corrected chi connectivity index (χ2v) is 8.58. The van der Waals surface area contributed by atoms with Crippen LogP contribution in [0.15, 0.2) is 63.8 Å². The van der Waals surface area contributed by atoms with Crippen molar-refractivity contribution in [1.29, 1.82) is 0 Å². The predicted octanol–water partition coefficient (Wildman–Crippen LogP) is 5.32. The van der Waals surface area contributed by atoms with Gasteiger partial charge in [-0.3, -0.25) is 4.90 Å². The Bertz CT molecular complexity index is 1440. The van der Waals surface area contributed by atoms with Gasteiger partial charge in [0.25, 0.3) is 0 Å². The van der Waals surface area contributed by atoms with Gasteiger partial charge in [0.2, 0.25) is 0 Å². The van der Waals surface area contributed by atoms with Gasteiger partial charge in [-0.15, -0.1) is 0 Å². The SMILES string of the molecule is COc1ccc(-c2c(C)c3ccc4c(c3oc2=O)CN(CCc2ccc(F)cc2)CO4)cc1OC. The van der Waals surface area contributed by atoms with Crippen LogP contribution in [0.4, 0.5) is 4.39 Å². The van der Waals surface area contributed by atoms with Crippen LogP contribution in [-0.4, -0.2) is 32.4 Å². The highest BCUT2D eigenvalue weighted by Crippen LogP contribution is 2.37. The van der Waals surface area contributed by atoms with E-state index >= 15 is 0 Å². The van der Waals surface area contributed by atoms with Crippen molar-refractivity contribution in [3.8, 4) is 28.4 Å². The Balaban J connectivity index is 1.48. The zero-order valence-electron chi connectivity index (χ0n) is 19.9. The molecule has 6 nitrogen and oxygen atoms in total. The molecule has 0 amide bonds. The summed E-state index contributed by atoms with van der Waals surface area (Å²) in [4.78, 5) is 15.3. The molecule has 0 bridgehead atoms. The molecule has 0 unspecified atom stereocenters. The summed E-state index contributed by atoms with van der Waals surface area (Å²) in [6.07, 6.45) is 0.760. The van der Waals surface area contributed by atoms with Gasteiger partial charge >= 0.3 is 5.63 Å². The van der Waals surface area contributed by atoms with Crippen LogP contribution in [0.3, 0.4) is 0 Å². The predicted molar refractivity (Wildman–Crippen MR) is 132 cm³/mol. The van der Waals surface area contributed by atoms with Gasteiger partial charge < -0.3 is 18.6 Å². The van der Waals surface area contributed by atoms with E-state index in [9.17, 15) is 9.18 Å². The van der Waals surface area contributed by atoms with Crippen LogP contribution in [0, 0.1) is 12.7 Å². The Morgan fingerprint density at radius 3 is 2.51 bits per heavy atom. The van der Waals surface area contributed by atoms with E-state index in [0.717, 1.165) is 40.8 Å². The lowest BCUT2D eigenvalue weighted by Gasteiger charge is -2.29. The lowest BCUT2D eigenvalue weighted by atomic mass is 9.97.